The molecule has 0 saturated heterocycles. The molecule has 3 rings (SSSR count). The molecule has 0 heterocycles. The minimum atomic E-state index is -1.40. The van der Waals surface area contributed by atoms with Gasteiger partial charge in [-0.15, -0.1) is 0 Å². The summed E-state index contributed by atoms with van der Waals surface area (Å²) in [5.74, 6) is -6.25. The Hall–Kier alpha value is -2.76. The van der Waals surface area contributed by atoms with Crippen LogP contribution in [-0.2, 0) is 9.59 Å². The topological polar surface area (TPSA) is 102 Å². The Morgan fingerprint density at radius 3 is 1.11 bits per heavy atom. The van der Waals surface area contributed by atoms with Crippen LogP contribution in [0.25, 0.3) is 0 Å². The van der Waals surface area contributed by atoms with Gasteiger partial charge in [-0.3, -0.25) is 28.8 Å². The zero-order valence-electron chi connectivity index (χ0n) is 16.3. The highest BCUT2D eigenvalue weighted by Gasteiger charge is 2.48. The predicted octanol–water partition coefficient (Wildman–Crippen LogP) is 2.91. The molecule has 0 aliphatic heterocycles. The second kappa shape index (κ2) is 7.00. The third kappa shape index (κ3) is 3.07. The van der Waals surface area contributed by atoms with Crippen molar-refractivity contribution in [2.24, 2.45) is 23.7 Å². The lowest BCUT2D eigenvalue weighted by atomic mass is 9.91. The van der Waals surface area contributed by atoms with Gasteiger partial charge in [0.1, 0.15) is 11.8 Å². The first kappa shape index (κ1) is 20.0. The Morgan fingerprint density at radius 2 is 0.893 bits per heavy atom. The van der Waals surface area contributed by atoms with E-state index in [-0.39, 0.29) is 46.9 Å². The molecule has 0 aromatic heterocycles. The fourth-order valence-corrected chi connectivity index (χ4v) is 3.90. The molecule has 0 atom stereocenters. The van der Waals surface area contributed by atoms with E-state index in [0.29, 0.717) is 0 Å². The van der Waals surface area contributed by atoms with Gasteiger partial charge in [-0.1, -0.05) is 27.7 Å². The number of carbonyl (C=O) groups is 6. The summed E-state index contributed by atoms with van der Waals surface area (Å²) in [5, 5.41) is 0. The van der Waals surface area contributed by atoms with Crippen molar-refractivity contribution < 1.29 is 28.8 Å². The molecule has 0 spiro atoms. The van der Waals surface area contributed by atoms with Crippen molar-refractivity contribution in [2.75, 3.05) is 0 Å². The summed E-state index contributed by atoms with van der Waals surface area (Å²) in [5.41, 5.74) is -0.0409. The van der Waals surface area contributed by atoms with Gasteiger partial charge in [0.05, 0.1) is 0 Å². The molecule has 0 saturated carbocycles. The lowest BCUT2D eigenvalue weighted by Gasteiger charge is -2.08. The number of Topliss-reactive ketones (excluding diaryl/α,β-unsaturated/α-hetero) is 6. The summed E-state index contributed by atoms with van der Waals surface area (Å²) >= 11 is 0. The minimum absolute atomic E-state index is 0.00213. The van der Waals surface area contributed by atoms with E-state index < -0.39 is 46.5 Å². The molecule has 0 amide bonds. The van der Waals surface area contributed by atoms with E-state index in [1.807, 2.05) is 27.7 Å². The first-order valence-corrected chi connectivity index (χ1v) is 9.44. The smallest absolute Gasteiger partial charge is 0.181 e. The van der Waals surface area contributed by atoms with Crippen LogP contribution < -0.4 is 0 Å². The molecule has 146 valence electrons. The third-order valence-electron chi connectivity index (χ3n) is 5.13. The molecule has 1 aromatic carbocycles. The molecule has 0 unspecified atom stereocenters. The fourth-order valence-electron chi connectivity index (χ4n) is 3.90. The SMILES string of the molecule is CC(C)CC(=O)C1C(=O)c2cc3c(cc2C1=O)C(=O)C(C(=O)CC(C)C)C3=O. The van der Waals surface area contributed by atoms with E-state index in [2.05, 4.69) is 0 Å². The number of fused-ring (bicyclic) bond motifs is 2. The highest BCUT2D eigenvalue weighted by molar-refractivity contribution is 6.39. The van der Waals surface area contributed by atoms with Gasteiger partial charge in [0.25, 0.3) is 0 Å². The number of benzene rings is 1. The van der Waals surface area contributed by atoms with Crippen LogP contribution in [0.3, 0.4) is 0 Å². The second-order valence-electron chi connectivity index (χ2n) is 8.39. The number of rotatable bonds is 6. The molecule has 0 N–H and O–H groups in total. The zero-order chi connectivity index (χ0) is 20.9. The van der Waals surface area contributed by atoms with Crippen LogP contribution in [0.1, 0.15) is 82.0 Å². The number of carbonyl (C=O) groups excluding carboxylic acids is 6. The van der Waals surface area contributed by atoms with Gasteiger partial charge in [0.2, 0.25) is 0 Å². The zero-order valence-corrected chi connectivity index (χ0v) is 16.3. The maximum atomic E-state index is 12.7. The third-order valence-corrected chi connectivity index (χ3v) is 5.13. The van der Waals surface area contributed by atoms with Gasteiger partial charge >= 0.3 is 0 Å². The Labute approximate surface area is 162 Å². The summed E-state index contributed by atoms with van der Waals surface area (Å²) in [7, 11) is 0. The van der Waals surface area contributed by atoms with Crippen LogP contribution in [0, 0.1) is 23.7 Å². The van der Waals surface area contributed by atoms with Crippen molar-refractivity contribution in [2.45, 2.75) is 40.5 Å². The molecule has 2 aliphatic carbocycles. The number of ketones is 6. The largest absolute Gasteiger partial charge is 0.298 e. The minimum Gasteiger partial charge on any atom is -0.298 e. The van der Waals surface area contributed by atoms with E-state index in [0.717, 1.165) is 0 Å². The van der Waals surface area contributed by atoms with Crippen molar-refractivity contribution in [1.29, 1.82) is 0 Å². The summed E-state index contributed by atoms with van der Waals surface area (Å²) in [6, 6.07) is 2.44. The van der Waals surface area contributed by atoms with E-state index in [1.165, 1.54) is 12.1 Å². The fraction of sp³-hybridized carbons (Fsp3) is 0.455. The summed E-state index contributed by atoms with van der Waals surface area (Å²) < 4.78 is 0. The lowest BCUT2D eigenvalue weighted by molar-refractivity contribution is -0.121. The summed E-state index contributed by atoms with van der Waals surface area (Å²) in [4.78, 5) is 75.4. The molecule has 0 radical (unpaired) electrons. The van der Waals surface area contributed by atoms with Gasteiger partial charge in [-0.05, 0) is 24.0 Å². The first-order valence-electron chi connectivity index (χ1n) is 9.44. The Kier molecular flexibility index (Phi) is 5.00. The molecule has 6 nitrogen and oxygen atoms in total. The normalized spacial score (nSPS) is 17.1. The van der Waals surface area contributed by atoms with Crippen LogP contribution in [-0.4, -0.2) is 34.7 Å². The van der Waals surface area contributed by atoms with E-state index in [1.54, 1.807) is 0 Å². The van der Waals surface area contributed by atoms with Crippen molar-refractivity contribution >= 4 is 34.7 Å². The Bertz CT molecular complexity index is 822. The van der Waals surface area contributed by atoms with Crippen LogP contribution in [0.5, 0.6) is 0 Å². The maximum Gasteiger partial charge on any atom is 0.181 e. The quantitative estimate of drug-likeness (QED) is 0.701. The second-order valence-corrected chi connectivity index (χ2v) is 8.39. The van der Waals surface area contributed by atoms with E-state index >= 15 is 0 Å². The molecular formula is C22H22O6. The highest BCUT2D eigenvalue weighted by atomic mass is 16.2. The number of hydrogen-bond donors (Lipinski definition) is 0. The van der Waals surface area contributed by atoms with Crippen LogP contribution >= 0.6 is 0 Å². The maximum absolute atomic E-state index is 12.7. The van der Waals surface area contributed by atoms with Crippen molar-refractivity contribution in [3.8, 4) is 0 Å². The van der Waals surface area contributed by atoms with Gasteiger partial charge in [-0.25, -0.2) is 0 Å². The Morgan fingerprint density at radius 1 is 0.643 bits per heavy atom. The predicted molar refractivity (Wildman–Crippen MR) is 99.7 cm³/mol. The van der Waals surface area contributed by atoms with Crippen molar-refractivity contribution in [3.63, 3.8) is 0 Å². The molecule has 0 bridgehead atoms. The molecule has 6 heteroatoms. The van der Waals surface area contributed by atoms with Crippen molar-refractivity contribution in [1.82, 2.24) is 0 Å². The average molecular weight is 382 g/mol. The van der Waals surface area contributed by atoms with Gasteiger partial charge in [0, 0.05) is 35.1 Å². The molecule has 28 heavy (non-hydrogen) atoms. The van der Waals surface area contributed by atoms with Crippen LogP contribution in [0.4, 0.5) is 0 Å². The highest BCUT2D eigenvalue weighted by Crippen LogP contribution is 2.36. The first-order chi connectivity index (χ1) is 13.0. The molecule has 0 fully saturated rings. The van der Waals surface area contributed by atoms with E-state index in [4.69, 9.17) is 0 Å². The van der Waals surface area contributed by atoms with Crippen molar-refractivity contribution in [3.05, 3.63) is 34.4 Å². The van der Waals surface area contributed by atoms with Gasteiger partial charge in [-0.2, -0.15) is 0 Å². The molecular weight excluding hydrogens is 360 g/mol. The van der Waals surface area contributed by atoms with E-state index in [9.17, 15) is 28.8 Å². The van der Waals surface area contributed by atoms with Crippen LogP contribution in [0.15, 0.2) is 12.1 Å². The monoisotopic (exact) mass is 382 g/mol. The Balaban J connectivity index is 1.99. The van der Waals surface area contributed by atoms with Gasteiger partial charge in [0.15, 0.2) is 34.7 Å². The lowest BCUT2D eigenvalue weighted by Crippen LogP contribution is -2.27. The number of hydrogen-bond acceptors (Lipinski definition) is 6. The molecule has 1 aromatic rings. The van der Waals surface area contributed by atoms with Gasteiger partial charge < -0.3 is 0 Å². The summed E-state index contributed by atoms with van der Waals surface area (Å²) in [6.07, 6.45) is 0.193. The molecule has 2 aliphatic rings. The summed E-state index contributed by atoms with van der Waals surface area (Å²) in [6.45, 7) is 7.26. The standard InChI is InChI=1S/C22H22O6/c1-9(2)5-15(23)17-19(25)11-7-13-14(8-12(11)20(17)26)22(28)18(21(13)27)16(24)6-10(3)4/h7-10,17-18H,5-6H2,1-4H3. The van der Waals surface area contributed by atoms with Crippen LogP contribution in [0.2, 0.25) is 0 Å². The average Bonchev–Trinajstić information content (AvgIpc) is 2.97.